The fourth-order valence-corrected chi connectivity index (χ4v) is 1.75. The summed E-state index contributed by atoms with van der Waals surface area (Å²) in [6, 6.07) is 16.6. The first-order valence-corrected chi connectivity index (χ1v) is 6.42. The average Bonchev–Trinajstić information content (AvgIpc) is 2.45. The number of hydrogen-bond donors (Lipinski definition) is 1. The molecule has 0 amide bonds. The van der Waals surface area contributed by atoms with E-state index in [4.69, 9.17) is 15.2 Å². The number of nitrogen functional groups attached to an aromatic ring is 1. The van der Waals surface area contributed by atoms with Crippen LogP contribution in [-0.4, -0.2) is 19.2 Å². The van der Waals surface area contributed by atoms with Gasteiger partial charge in [-0.1, -0.05) is 30.3 Å². The summed E-state index contributed by atoms with van der Waals surface area (Å²) in [5, 5.41) is 0. The highest BCUT2D eigenvalue weighted by molar-refractivity contribution is 5.73. The molecule has 2 aromatic carbocycles. The Labute approximate surface area is 118 Å². The Kier molecular flexibility index (Phi) is 5.00. The van der Waals surface area contributed by atoms with Crippen LogP contribution in [0.3, 0.4) is 0 Å². The summed E-state index contributed by atoms with van der Waals surface area (Å²) in [6.45, 7) is 0.572. The summed E-state index contributed by atoms with van der Waals surface area (Å²) in [4.78, 5) is 11.6. The van der Waals surface area contributed by atoms with Gasteiger partial charge in [0.25, 0.3) is 0 Å². The first kappa shape index (κ1) is 13.9. The van der Waals surface area contributed by atoms with E-state index in [1.807, 2.05) is 42.5 Å². The molecule has 20 heavy (non-hydrogen) atoms. The number of carbonyl (C=O) groups excluding carboxylic acids is 1. The highest BCUT2D eigenvalue weighted by Gasteiger charge is 2.05. The molecule has 0 saturated carbocycles. The normalized spacial score (nSPS) is 10.0. The van der Waals surface area contributed by atoms with E-state index < -0.39 is 0 Å². The lowest BCUT2D eigenvalue weighted by molar-refractivity contribution is -0.143. The summed E-state index contributed by atoms with van der Waals surface area (Å²) in [5.74, 6) is 0.478. The summed E-state index contributed by atoms with van der Waals surface area (Å²) in [5.41, 5.74) is 7.14. The zero-order chi connectivity index (χ0) is 14.2. The Hall–Kier alpha value is -2.49. The van der Waals surface area contributed by atoms with Crippen molar-refractivity contribution in [2.24, 2.45) is 0 Å². The standard InChI is InChI=1S/C16H17NO3/c17-14-6-4-5-13(11-14)12-16(18)20-10-9-19-15-7-2-1-3-8-15/h1-8,11H,9-10,12,17H2. The molecular weight excluding hydrogens is 254 g/mol. The lowest BCUT2D eigenvalue weighted by Crippen LogP contribution is -2.14. The second kappa shape index (κ2) is 7.19. The van der Waals surface area contributed by atoms with Gasteiger partial charge >= 0.3 is 5.97 Å². The fourth-order valence-electron chi connectivity index (χ4n) is 1.75. The Morgan fingerprint density at radius 2 is 1.80 bits per heavy atom. The van der Waals surface area contributed by atoms with Gasteiger partial charge in [0.2, 0.25) is 0 Å². The quantitative estimate of drug-likeness (QED) is 0.498. The maximum atomic E-state index is 11.6. The van der Waals surface area contributed by atoms with Crippen LogP contribution in [-0.2, 0) is 16.0 Å². The van der Waals surface area contributed by atoms with Crippen LogP contribution >= 0.6 is 0 Å². The predicted octanol–water partition coefficient (Wildman–Crippen LogP) is 2.43. The van der Waals surface area contributed by atoms with Crippen LogP contribution in [0.4, 0.5) is 5.69 Å². The van der Waals surface area contributed by atoms with Crippen molar-refractivity contribution < 1.29 is 14.3 Å². The van der Waals surface area contributed by atoms with Gasteiger partial charge < -0.3 is 15.2 Å². The Balaban J connectivity index is 1.68. The minimum Gasteiger partial charge on any atom is -0.490 e. The number of carbonyl (C=O) groups is 1. The number of nitrogens with two attached hydrogens (primary N) is 1. The van der Waals surface area contributed by atoms with Gasteiger partial charge in [-0.05, 0) is 29.8 Å². The second-order valence-corrected chi connectivity index (χ2v) is 4.30. The first-order valence-electron chi connectivity index (χ1n) is 6.42. The van der Waals surface area contributed by atoms with Gasteiger partial charge in [-0.2, -0.15) is 0 Å². The van der Waals surface area contributed by atoms with Gasteiger partial charge in [-0.25, -0.2) is 0 Å². The van der Waals surface area contributed by atoms with E-state index in [1.54, 1.807) is 12.1 Å². The summed E-state index contributed by atoms with van der Waals surface area (Å²) in [7, 11) is 0. The molecule has 0 radical (unpaired) electrons. The molecule has 0 aliphatic carbocycles. The van der Waals surface area contributed by atoms with Crippen molar-refractivity contribution in [3.8, 4) is 5.75 Å². The smallest absolute Gasteiger partial charge is 0.310 e. The van der Waals surface area contributed by atoms with Crippen molar-refractivity contribution in [3.05, 3.63) is 60.2 Å². The third-order valence-corrected chi connectivity index (χ3v) is 2.66. The number of para-hydroxylation sites is 1. The molecule has 0 atom stereocenters. The molecule has 2 rings (SSSR count). The van der Waals surface area contributed by atoms with Crippen LogP contribution in [0.25, 0.3) is 0 Å². The number of rotatable bonds is 6. The molecule has 0 heterocycles. The molecule has 0 aliphatic heterocycles. The lowest BCUT2D eigenvalue weighted by atomic mass is 10.1. The zero-order valence-corrected chi connectivity index (χ0v) is 11.1. The third-order valence-electron chi connectivity index (χ3n) is 2.66. The Morgan fingerprint density at radius 3 is 2.55 bits per heavy atom. The maximum Gasteiger partial charge on any atom is 0.310 e. The van der Waals surface area contributed by atoms with Crippen LogP contribution in [0.2, 0.25) is 0 Å². The lowest BCUT2D eigenvalue weighted by Gasteiger charge is -2.07. The van der Waals surface area contributed by atoms with E-state index in [2.05, 4.69) is 0 Å². The summed E-state index contributed by atoms with van der Waals surface area (Å²) >= 11 is 0. The largest absolute Gasteiger partial charge is 0.490 e. The van der Waals surface area contributed by atoms with E-state index in [0.29, 0.717) is 12.3 Å². The number of benzene rings is 2. The molecule has 0 bridgehead atoms. The Bertz CT molecular complexity index is 555. The number of hydrogen-bond acceptors (Lipinski definition) is 4. The van der Waals surface area contributed by atoms with E-state index in [-0.39, 0.29) is 19.0 Å². The van der Waals surface area contributed by atoms with Crippen molar-refractivity contribution in [1.82, 2.24) is 0 Å². The first-order chi connectivity index (χ1) is 9.74. The van der Waals surface area contributed by atoms with E-state index in [1.165, 1.54) is 0 Å². The van der Waals surface area contributed by atoms with Gasteiger partial charge in [0.1, 0.15) is 19.0 Å². The molecular formula is C16H17NO3. The molecule has 0 fully saturated rings. The van der Waals surface area contributed by atoms with Crippen molar-refractivity contribution >= 4 is 11.7 Å². The highest BCUT2D eigenvalue weighted by Crippen LogP contribution is 2.09. The van der Waals surface area contributed by atoms with Crippen molar-refractivity contribution in [2.75, 3.05) is 18.9 Å². The van der Waals surface area contributed by atoms with Gasteiger partial charge in [0.15, 0.2) is 0 Å². The highest BCUT2D eigenvalue weighted by atomic mass is 16.6. The topological polar surface area (TPSA) is 61.6 Å². The van der Waals surface area contributed by atoms with E-state index in [9.17, 15) is 4.79 Å². The van der Waals surface area contributed by atoms with Crippen LogP contribution in [0.5, 0.6) is 5.75 Å². The molecule has 104 valence electrons. The average molecular weight is 271 g/mol. The van der Waals surface area contributed by atoms with Crippen LogP contribution < -0.4 is 10.5 Å². The minimum absolute atomic E-state index is 0.219. The third kappa shape index (κ3) is 4.65. The second-order valence-electron chi connectivity index (χ2n) is 4.30. The van der Waals surface area contributed by atoms with Crippen LogP contribution in [0.1, 0.15) is 5.56 Å². The minimum atomic E-state index is -0.285. The SMILES string of the molecule is Nc1cccc(CC(=O)OCCOc2ccccc2)c1. The van der Waals surface area contributed by atoms with Gasteiger partial charge in [0.05, 0.1) is 6.42 Å². The molecule has 0 aliphatic rings. The zero-order valence-electron chi connectivity index (χ0n) is 11.1. The fraction of sp³-hybridized carbons (Fsp3) is 0.188. The molecule has 0 unspecified atom stereocenters. The molecule has 0 spiro atoms. The van der Waals surface area contributed by atoms with Crippen LogP contribution in [0.15, 0.2) is 54.6 Å². The molecule has 4 heteroatoms. The Morgan fingerprint density at radius 1 is 1.00 bits per heavy atom. The summed E-state index contributed by atoms with van der Waals surface area (Å²) < 4.78 is 10.5. The van der Waals surface area contributed by atoms with Crippen molar-refractivity contribution in [3.63, 3.8) is 0 Å². The predicted molar refractivity (Wildman–Crippen MR) is 77.5 cm³/mol. The van der Waals surface area contributed by atoms with Gasteiger partial charge in [-0.3, -0.25) is 4.79 Å². The van der Waals surface area contributed by atoms with Crippen molar-refractivity contribution in [2.45, 2.75) is 6.42 Å². The molecule has 0 saturated heterocycles. The molecule has 0 aromatic heterocycles. The summed E-state index contributed by atoms with van der Waals surface area (Å²) in [6.07, 6.45) is 0.219. The number of ether oxygens (including phenoxy) is 2. The number of anilines is 1. The molecule has 4 nitrogen and oxygen atoms in total. The maximum absolute atomic E-state index is 11.6. The number of esters is 1. The van der Waals surface area contributed by atoms with Crippen LogP contribution in [0, 0.1) is 0 Å². The monoisotopic (exact) mass is 271 g/mol. The molecule has 2 N–H and O–H groups in total. The van der Waals surface area contributed by atoms with Crippen molar-refractivity contribution in [1.29, 1.82) is 0 Å². The van der Waals surface area contributed by atoms with E-state index in [0.717, 1.165) is 11.3 Å². The van der Waals surface area contributed by atoms with Gasteiger partial charge in [0, 0.05) is 5.69 Å². The van der Waals surface area contributed by atoms with E-state index >= 15 is 0 Å². The van der Waals surface area contributed by atoms with Gasteiger partial charge in [-0.15, -0.1) is 0 Å². The molecule has 2 aromatic rings.